The molecule has 0 saturated heterocycles. The lowest BCUT2D eigenvalue weighted by molar-refractivity contribution is -0.147. The van der Waals surface area contributed by atoms with Crippen LogP contribution in [0.3, 0.4) is 0 Å². The number of hydrogen-bond acceptors (Lipinski definition) is 3. The normalized spacial score (nSPS) is 40.5. The number of rotatable bonds is 5. The largest absolute Gasteiger partial charge is 0.481 e. The molecule has 8 unspecified atom stereocenters. The molecule has 8 atom stereocenters. The Bertz CT molecular complexity index is 639. The lowest BCUT2D eigenvalue weighted by Gasteiger charge is -2.50. The van der Waals surface area contributed by atoms with E-state index in [1.807, 2.05) is 0 Å². The van der Waals surface area contributed by atoms with E-state index in [9.17, 15) is 9.59 Å². The molecule has 0 aliphatic heterocycles. The van der Waals surface area contributed by atoms with Crippen LogP contribution in [0.2, 0.25) is 0 Å². The highest BCUT2D eigenvalue weighted by Crippen LogP contribution is 2.59. The van der Waals surface area contributed by atoms with Crippen LogP contribution in [0.5, 0.6) is 0 Å². The number of carboxylic acids is 1. The number of allylic oxidation sites excluding steroid dienone is 1. The maximum absolute atomic E-state index is 11.3. The molecule has 0 aromatic heterocycles. The Hall–Kier alpha value is -1.32. The minimum absolute atomic E-state index is 0.0961. The summed E-state index contributed by atoms with van der Waals surface area (Å²) in [5.41, 5.74) is 1.57. The molecule has 1 N–H and O–H groups in total. The second-order valence-corrected chi connectivity index (χ2v) is 10.0. The Morgan fingerprint density at radius 2 is 1.82 bits per heavy atom. The van der Waals surface area contributed by atoms with E-state index in [-0.39, 0.29) is 12.1 Å². The number of carboxylic acid groups (broad SMARTS) is 1. The molecule has 0 aromatic carbocycles. The van der Waals surface area contributed by atoms with Gasteiger partial charge in [0.15, 0.2) is 0 Å². The fraction of sp³-hybridized carbons (Fsp3) is 0.833. The van der Waals surface area contributed by atoms with Crippen LogP contribution in [0.4, 0.5) is 0 Å². The Labute approximate surface area is 169 Å². The predicted octanol–water partition coefficient (Wildman–Crippen LogP) is 5.22. The van der Waals surface area contributed by atoms with Gasteiger partial charge in [-0.2, -0.15) is 0 Å². The number of carbonyl (C=O) groups excluding carboxylic acids is 1. The van der Waals surface area contributed by atoms with E-state index in [0.29, 0.717) is 12.3 Å². The van der Waals surface area contributed by atoms with E-state index >= 15 is 0 Å². The van der Waals surface area contributed by atoms with Crippen LogP contribution >= 0.6 is 0 Å². The van der Waals surface area contributed by atoms with Gasteiger partial charge >= 0.3 is 11.9 Å². The smallest absolute Gasteiger partial charge is 0.303 e. The molecule has 0 heterocycles. The molecular weight excluding hydrogens is 352 g/mol. The first-order chi connectivity index (χ1) is 13.4. The Morgan fingerprint density at radius 1 is 1.07 bits per heavy atom. The number of aliphatic carboxylic acids is 1. The van der Waals surface area contributed by atoms with Crippen molar-refractivity contribution in [3.63, 3.8) is 0 Å². The average Bonchev–Trinajstić information content (AvgIpc) is 3.09. The van der Waals surface area contributed by atoms with Gasteiger partial charge in [0, 0.05) is 19.8 Å². The third kappa shape index (κ3) is 3.89. The Morgan fingerprint density at radius 3 is 2.57 bits per heavy atom. The van der Waals surface area contributed by atoms with Gasteiger partial charge in [0.2, 0.25) is 0 Å². The zero-order chi connectivity index (χ0) is 19.8. The van der Waals surface area contributed by atoms with Gasteiger partial charge in [0.25, 0.3) is 0 Å². The van der Waals surface area contributed by atoms with Gasteiger partial charge in [0.05, 0.1) is 0 Å². The van der Waals surface area contributed by atoms with Crippen molar-refractivity contribution < 1.29 is 19.4 Å². The van der Waals surface area contributed by atoms with E-state index in [1.54, 1.807) is 5.57 Å². The first-order valence-corrected chi connectivity index (χ1v) is 11.5. The van der Waals surface area contributed by atoms with Crippen LogP contribution in [0.1, 0.15) is 78.1 Å². The van der Waals surface area contributed by atoms with Crippen molar-refractivity contribution in [2.24, 2.45) is 41.4 Å². The fourth-order valence-electron chi connectivity index (χ4n) is 7.54. The van der Waals surface area contributed by atoms with E-state index in [2.05, 4.69) is 13.0 Å². The van der Waals surface area contributed by atoms with Crippen LogP contribution in [0, 0.1) is 41.4 Å². The number of carbonyl (C=O) groups is 2. The third-order valence-electron chi connectivity index (χ3n) is 8.65. The summed E-state index contributed by atoms with van der Waals surface area (Å²) in [6.45, 7) is 3.81. The van der Waals surface area contributed by atoms with Crippen LogP contribution in [-0.4, -0.2) is 23.1 Å². The van der Waals surface area contributed by atoms with Crippen LogP contribution in [0.25, 0.3) is 0 Å². The summed E-state index contributed by atoms with van der Waals surface area (Å²) in [7, 11) is 0. The van der Waals surface area contributed by atoms with E-state index < -0.39 is 5.97 Å². The summed E-state index contributed by atoms with van der Waals surface area (Å²) in [4.78, 5) is 22.3. The maximum atomic E-state index is 11.3. The van der Waals surface area contributed by atoms with Crippen molar-refractivity contribution in [2.75, 3.05) is 0 Å². The molecule has 28 heavy (non-hydrogen) atoms. The lowest BCUT2D eigenvalue weighted by Crippen LogP contribution is -2.42. The summed E-state index contributed by atoms with van der Waals surface area (Å²) in [5, 5.41) is 9.03. The standard InChI is InChI=1S/C24H36O4/c1-14(3-12-24(26)27)18-8-9-23-20(18)10-11-21-19-7-5-17(28-15(2)25)13-16(19)4-6-22(21)23/h4,14,17-23H,3,5-13H2,1-2H3,(H,26,27). The van der Waals surface area contributed by atoms with Gasteiger partial charge in [-0.15, -0.1) is 0 Å². The first-order valence-electron chi connectivity index (χ1n) is 11.5. The Kier molecular flexibility index (Phi) is 5.85. The van der Waals surface area contributed by atoms with Gasteiger partial charge in [-0.25, -0.2) is 0 Å². The van der Waals surface area contributed by atoms with Crippen molar-refractivity contribution in [3.05, 3.63) is 11.6 Å². The van der Waals surface area contributed by atoms with Gasteiger partial charge < -0.3 is 9.84 Å². The Balaban J connectivity index is 1.41. The number of hydrogen-bond donors (Lipinski definition) is 1. The average molecular weight is 389 g/mol. The molecule has 4 nitrogen and oxygen atoms in total. The quantitative estimate of drug-likeness (QED) is 0.518. The first kappa shape index (κ1) is 20.0. The number of fused-ring (bicyclic) bond motifs is 5. The maximum Gasteiger partial charge on any atom is 0.303 e. The molecule has 0 amide bonds. The van der Waals surface area contributed by atoms with Gasteiger partial charge in [-0.1, -0.05) is 18.6 Å². The minimum Gasteiger partial charge on any atom is -0.481 e. The molecular formula is C24H36O4. The zero-order valence-corrected chi connectivity index (χ0v) is 17.4. The molecule has 3 saturated carbocycles. The van der Waals surface area contributed by atoms with E-state index in [4.69, 9.17) is 9.84 Å². The molecule has 0 radical (unpaired) electrons. The van der Waals surface area contributed by atoms with Crippen molar-refractivity contribution in [1.82, 2.24) is 0 Å². The highest BCUT2D eigenvalue weighted by molar-refractivity contribution is 5.66. The molecule has 0 bridgehead atoms. The van der Waals surface area contributed by atoms with Crippen LogP contribution in [-0.2, 0) is 14.3 Å². The molecule has 0 spiro atoms. The second kappa shape index (κ2) is 8.20. The van der Waals surface area contributed by atoms with Crippen molar-refractivity contribution in [2.45, 2.75) is 84.2 Å². The molecule has 4 heteroatoms. The van der Waals surface area contributed by atoms with E-state index in [1.165, 1.54) is 45.4 Å². The molecule has 3 fully saturated rings. The lowest BCUT2D eigenvalue weighted by atomic mass is 9.56. The summed E-state index contributed by atoms with van der Waals surface area (Å²) >= 11 is 0. The highest BCUT2D eigenvalue weighted by atomic mass is 16.5. The zero-order valence-electron chi connectivity index (χ0n) is 17.4. The van der Waals surface area contributed by atoms with Crippen molar-refractivity contribution in [3.8, 4) is 0 Å². The monoisotopic (exact) mass is 388 g/mol. The third-order valence-corrected chi connectivity index (χ3v) is 8.65. The van der Waals surface area contributed by atoms with E-state index in [0.717, 1.165) is 54.8 Å². The SMILES string of the molecule is CC(=O)OC1CCC2C(=CCC3C2CCC2C(C(C)CCC(=O)O)CCC23)C1. The van der Waals surface area contributed by atoms with Crippen molar-refractivity contribution >= 4 is 11.9 Å². The molecule has 4 aliphatic carbocycles. The topological polar surface area (TPSA) is 63.6 Å². The minimum atomic E-state index is -0.653. The van der Waals surface area contributed by atoms with Crippen LogP contribution in [0.15, 0.2) is 11.6 Å². The molecule has 4 aliphatic rings. The summed E-state index contributed by atoms with van der Waals surface area (Å²) < 4.78 is 5.50. The van der Waals surface area contributed by atoms with Gasteiger partial charge in [0.1, 0.15) is 6.10 Å². The van der Waals surface area contributed by atoms with Gasteiger partial charge in [-0.05, 0) is 92.8 Å². The van der Waals surface area contributed by atoms with Gasteiger partial charge in [-0.3, -0.25) is 9.59 Å². The second-order valence-electron chi connectivity index (χ2n) is 10.0. The summed E-state index contributed by atoms with van der Waals surface area (Å²) in [5.74, 6) is 4.51. The number of ether oxygens (including phenoxy) is 1. The molecule has 0 aromatic rings. The van der Waals surface area contributed by atoms with Crippen molar-refractivity contribution in [1.29, 1.82) is 0 Å². The molecule has 156 valence electrons. The molecule has 4 rings (SSSR count). The van der Waals surface area contributed by atoms with Crippen LogP contribution < -0.4 is 0 Å². The summed E-state index contributed by atoms with van der Waals surface area (Å²) in [6, 6.07) is 0. The summed E-state index contributed by atoms with van der Waals surface area (Å²) in [6.07, 6.45) is 13.4. The number of esters is 1. The fourth-order valence-corrected chi connectivity index (χ4v) is 7.54. The predicted molar refractivity (Wildman–Crippen MR) is 108 cm³/mol. The highest BCUT2D eigenvalue weighted by Gasteiger charge is 2.50.